The number of allylic oxidation sites excluding steroid dienone is 1. The quantitative estimate of drug-likeness (QED) is 0.536. The molecule has 0 fully saturated rings. The number of nitrogens with one attached hydrogen (secondary N) is 2. The number of amidine groups is 1. The van der Waals surface area contributed by atoms with Crippen LogP contribution < -0.4 is 21.1 Å². The first-order valence-corrected chi connectivity index (χ1v) is 10.9. The van der Waals surface area contributed by atoms with Gasteiger partial charge in [0.05, 0.1) is 12.7 Å². The summed E-state index contributed by atoms with van der Waals surface area (Å²) in [5.74, 6) is -0.941. The molecule has 0 saturated heterocycles. The smallest absolute Gasteiger partial charge is 0.216 e. The molecule has 2 atom stereocenters. The van der Waals surface area contributed by atoms with Gasteiger partial charge in [0.1, 0.15) is 41.1 Å². The number of aliphatic imine (C=N–C) groups is 1. The number of hydrogen-bond donors (Lipinski definition) is 3. The average Bonchev–Trinajstić information content (AvgIpc) is 3.46. The number of ether oxygens (including phenoxy) is 1. The fourth-order valence-corrected chi connectivity index (χ4v) is 4.71. The first kappa shape index (κ1) is 22.0. The summed E-state index contributed by atoms with van der Waals surface area (Å²) in [7, 11) is 3.18. The van der Waals surface area contributed by atoms with Crippen molar-refractivity contribution in [3.05, 3.63) is 82.6 Å². The molecule has 8 nitrogen and oxygen atoms in total. The molecule has 5 rings (SSSR count). The molecule has 10 heteroatoms. The van der Waals surface area contributed by atoms with Gasteiger partial charge in [-0.25, -0.2) is 23.4 Å². The van der Waals surface area contributed by atoms with E-state index in [1.165, 1.54) is 36.3 Å². The van der Waals surface area contributed by atoms with E-state index in [0.29, 0.717) is 23.1 Å². The number of benzene rings is 2. The van der Waals surface area contributed by atoms with Gasteiger partial charge in [0.15, 0.2) is 0 Å². The molecule has 1 aromatic heterocycles. The fraction of sp³-hybridized carbons (Fsp3) is 0.292. The molecule has 34 heavy (non-hydrogen) atoms. The first-order valence-electron chi connectivity index (χ1n) is 10.9. The topological polar surface area (TPSA) is 102 Å². The first-order chi connectivity index (χ1) is 16.3. The zero-order valence-corrected chi connectivity index (χ0v) is 19.1. The summed E-state index contributed by atoms with van der Waals surface area (Å²) in [4.78, 5) is 8.76. The van der Waals surface area contributed by atoms with Gasteiger partial charge in [-0.15, -0.1) is 0 Å². The molecule has 0 saturated carbocycles. The lowest BCUT2D eigenvalue weighted by Gasteiger charge is -2.38. The van der Waals surface area contributed by atoms with Crippen LogP contribution in [0.3, 0.4) is 0 Å². The van der Waals surface area contributed by atoms with Crippen LogP contribution in [-0.4, -0.2) is 34.8 Å². The molecule has 3 aromatic rings. The molecule has 2 heterocycles. The lowest BCUT2D eigenvalue weighted by molar-refractivity contribution is 0.297. The minimum Gasteiger partial charge on any atom is -0.494 e. The largest absolute Gasteiger partial charge is 0.494 e. The van der Waals surface area contributed by atoms with Crippen molar-refractivity contribution in [1.29, 1.82) is 0 Å². The van der Waals surface area contributed by atoms with Crippen molar-refractivity contribution in [3.63, 3.8) is 0 Å². The second-order valence-electron chi connectivity index (χ2n) is 8.36. The number of rotatable bonds is 5. The van der Waals surface area contributed by atoms with Gasteiger partial charge >= 0.3 is 0 Å². The van der Waals surface area contributed by atoms with Gasteiger partial charge < -0.3 is 15.8 Å². The van der Waals surface area contributed by atoms with E-state index in [1.807, 2.05) is 0 Å². The average molecular weight is 466 g/mol. The SMILES string of the molecule is CNC1(c2cc(OC)c(-n3cnc(C)n3)cc2F)N=C(N)C2=C(N1)C(c1ccc(F)cc1)CC2. The lowest BCUT2D eigenvalue weighted by atomic mass is 9.94. The van der Waals surface area contributed by atoms with Crippen molar-refractivity contribution >= 4 is 5.84 Å². The number of aryl methyl sites for hydroxylation is 1. The van der Waals surface area contributed by atoms with Gasteiger partial charge in [-0.1, -0.05) is 12.1 Å². The minimum absolute atomic E-state index is 0.0419. The van der Waals surface area contributed by atoms with E-state index in [9.17, 15) is 4.39 Å². The Bertz CT molecular complexity index is 1320. The van der Waals surface area contributed by atoms with Crippen LogP contribution in [0.5, 0.6) is 5.75 Å². The van der Waals surface area contributed by atoms with Crippen molar-refractivity contribution in [2.45, 2.75) is 31.5 Å². The zero-order chi connectivity index (χ0) is 24.0. The predicted octanol–water partition coefficient (Wildman–Crippen LogP) is 2.98. The predicted molar refractivity (Wildman–Crippen MR) is 124 cm³/mol. The Hall–Kier alpha value is -3.79. The fourth-order valence-electron chi connectivity index (χ4n) is 4.71. The lowest BCUT2D eigenvalue weighted by Crippen LogP contribution is -2.55. The maximum atomic E-state index is 15.6. The second kappa shape index (κ2) is 8.21. The molecule has 0 bridgehead atoms. The van der Waals surface area contributed by atoms with E-state index in [0.717, 1.165) is 29.7 Å². The normalized spacial score (nSPS) is 21.8. The third-order valence-electron chi connectivity index (χ3n) is 6.42. The van der Waals surface area contributed by atoms with Crippen LogP contribution in [0.4, 0.5) is 8.78 Å². The molecule has 0 amide bonds. The van der Waals surface area contributed by atoms with Crippen LogP contribution in [-0.2, 0) is 5.79 Å². The molecule has 2 unspecified atom stereocenters. The van der Waals surface area contributed by atoms with E-state index < -0.39 is 11.6 Å². The third-order valence-corrected chi connectivity index (χ3v) is 6.42. The highest BCUT2D eigenvalue weighted by atomic mass is 19.1. The Labute approximate surface area is 195 Å². The van der Waals surface area contributed by atoms with Gasteiger partial charge in [-0.3, -0.25) is 5.32 Å². The monoisotopic (exact) mass is 465 g/mol. The van der Waals surface area contributed by atoms with Crippen LogP contribution in [0, 0.1) is 18.6 Å². The third kappa shape index (κ3) is 3.50. The van der Waals surface area contributed by atoms with Crippen LogP contribution in [0.1, 0.15) is 35.7 Å². The van der Waals surface area contributed by atoms with Crippen molar-refractivity contribution in [1.82, 2.24) is 25.4 Å². The van der Waals surface area contributed by atoms with Crippen molar-refractivity contribution in [2.75, 3.05) is 14.2 Å². The maximum Gasteiger partial charge on any atom is 0.216 e. The molecule has 1 aliphatic carbocycles. The van der Waals surface area contributed by atoms with Crippen LogP contribution in [0.25, 0.3) is 5.69 Å². The van der Waals surface area contributed by atoms with Crippen molar-refractivity contribution < 1.29 is 13.5 Å². The maximum absolute atomic E-state index is 15.6. The zero-order valence-electron chi connectivity index (χ0n) is 19.1. The molecule has 2 aromatic carbocycles. The molecule has 4 N–H and O–H groups in total. The summed E-state index contributed by atoms with van der Waals surface area (Å²) in [6.45, 7) is 1.75. The Morgan fingerprint density at radius 1 is 1.24 bits per heavy atom. The number of nitrogens with two attached hydrogens (primary N) is 1. The van der Waals surface area contributed by atoms with Gasteiger partial charge in [0.25, 0.3) is 0 Å². The number of aromatic nitrogens is 3. The van der Waals surface area contributed by atoms with Gasteiger partial charge in [-0.2, -0.15) is 5.10 Å². The van der Waals surface area contributed by atoms with Crippen molar-refractivity contribution in [2.24, 2.45) is 10.7 Å². The number of nitrogens with zero attached hydrogens (tertiary/aromatic N) is 4. The highest BCUT2D eigenvalue weighted by Crippen LogP contribution is 2.43. The molecule has 0 radical (unpaired) electrons. The minimum atomic E-state index is -1.36. The number of methoxy groups -OCH3 is 1. The summed E-state index contributed by atoms with van der Waals surface area (Å²) in [6, 6.07) is 9.32. The van der Waals surface area contributed by atoms with Gasteiger partial charge in [0, 0.05) is 23.3 Å². The Morgan fingerprint density at radius 3 is 2.65 bits per heavy atom. The van der Waals surface area contributed by atoms with Crippen LogP contribution in [0.2, 0.25) is 0 Å². The van der Waals surface area contributed by atoms with E-state index in [2.05, 4.69) is 25.7 Å². The summed E-state index contributed by atoms with van der Waals surface area (Å²) < 4.78 is 36.2. The Morgan fingerprint density at radius 2 is 2.00 bits per heavy atom. The van der Waals surface area contributed by atoms with Crippen LogP contribution >= 0.6 is 0 Å². The van der Waals surface area contributed by atoms with Crippen LogP contribution in [0.15, 0.2) is 59.0 Å². The highest BCUT2D eigenvalue weighted by Gasteiger charge is 2.43. The second-order valence-corrected chi connectivity index (χ2v) is 8.36. The van der Waals surface area contributed by atoms with Gasteiger partial charge in [-0.05, 0) is 50.6 Å². The van der Waals surface area contributed by atoms with Crippen molar-refractivity contribution in [3.8, 4) is 11.4 Å². The Balaban J connectivity index is 1.59. The summed E-state index contributed by atoms with van der Waals surface area (Å²) >= 11 is 0. The molecular weight excluding hydrogens is 440 g/mol. The number of halogens is 2. The summed E-state index contributed by atoms with van der Waals surface area (Å²) in [6.07, 6.45) is 3.00. The summed E-state index contributed by atoms with van der Waals surface area (Å²) in [5.41, 5.74) is 9.71. The molecule has 2 aliphatic rings. The number of hydrogen-bond acceptors (Lipinski definition) is 7. The van der Waals surface area contributed by atoms with E-state index >= 15 is 4.39 Å². The van der Waals surface area contributed by atoms with E-state index in [1.54, 1.807) is 32.2 Å². The highest BCUT2D eigenvalue weighted by molar-refractivity contribution is 5.99. The standard InChI is InChI=1S/C24H25F2N7O/c1-13-29-12-33(32-13)20-11-19(26)18(10-21(20)34-3)24(28-2)30-22-16(8-9-17(22)23(27)31-24)14-4-6-15(25)7-5-14/h4-7,10-12,16,28,30H,8-9H2,1-3H3,(H2,27,31). The molecule has 1 aliphatic heterocycles. The molecule has 176 valence electrons. The van der Waals surface area contributed by atoms with E-state index in [4.69, 9.17) is 10.5 Å². The van der Waals surface area contributed by atoms with Gasteiger partial charge in [0.2, 0.25) is 5.79 Å². The molecule has 0 spiro atoms. The Kier molecular flexibility index (Phi) is 5.32. The van der Waals surface area contributed by atoms with E-state index in [-0.39, 0.29) is 17.3 Å². The summed E-state index contributed by atoms with van der Waals surface area (Å²) in [5, 5.41) is 10.8. The molecular formula is C24H25F2N7O.